The highest BCUT2D eigenvalue weighted by Gasteiger charge is 2.30. The molecule has 22 heavy (non-hydrogen) atoms. The number of carbonyl (C=O) groups is 1. The van der Waals surface area contributed by atoms with Crippen molar-refractivity contribution in [3.05, 3.63) is 63.6 Å². The molecule has 0 aliphatic heterocycles. The van der Waals surface area contributed by atoms with E-state index in [0.717, 1.165) is 15.8 Å². The van der Waals surface area contributed by atoms with E-state index in [1.54, 1.807) is 0 Å². The zero-order chi connectivity index (χ0) is 15.0. The number of halogens is 1. The van der Waals surface area contributed by atoms with Crippen LogP contribution in [0, 0.1) is 0 Å². The van der Waals surface area contributed by atoms with E-state index in [1.807, 2.05) is 24.3 Å². The lowest BCUT2D eigenvalue weighted by Crippen LogP contribution is -2.41. The minimum Gasteiger partial charge on any atom is -0.346 e. The van der Waals surface area contributed by atoms with Crippen molar-refractivity contribution < 1.29 is 4.79 Å². The third kappa shape index (κ3) is 2.88. The first-order valence-corrected chi connectivity index (χ1v) is 6.75. The standard InChI is InChI=1S/C15H16N4O2.ClH/c1-19-13(20)7-6-11(18-19)15(21)17-12-8-9-4-2-3-5-10(9)14(12)16;/h2-7,12,14H,8,16H2,1H3,(H,17,21);1H/t12-,14-;/m0./s1. The predicted octanol–water partition coefficient (Wildman–Crippen LogP) is 0.557. The SMILES string of the molecule is Cl.Cn1nc(C(=O)N[C@H]2Cc3ccccc3[C@@H]2N)ccc1=O. The average molecular weight is 321 g/mol. The van der Waals surface area contributed by atoms with Crippen molar-refractivity contribution in [2.24, 2.45) is 12.8 Å². The lowest BCUT2D eigenvalue weighted by atomic mass is 10.1. The Morgan fingerprint density at radius 1 is 1.32 bits per heavy atom. The Morgan fingerprint density at radius 3 is 2.73 bits per heavy atom. The molecule has 2 aromatic rings. The maximum atomic E-state index is 12.2. The van der Waals surface area contributed by atoms with Crippen LogP contribution in [0.2, 0.25) is 0 Å². The molecule has 0 saturated carbocycles. The molecular weight excluding hydrogens is 304 g/mol. The van der Waals surface area contributed by atoms with Crippen molar-refractivity contribution >= 4 is 18.3 Å². The Morgan fingerprint density at radius 2 is 2.05 bits per heavy atom. The van der Waals surface area contributed by atoms with Gasteiger partial charge in [0.25, 0.3) is 11.5 Å². The number of hydrogen-bond donors (Lipinski definition) is 2. The van der Waals surface area contributed by atoms with Crippen LogP contribution in [0.25, 0.3) is 0 Å². The van der Waals surface area contributed by atoms with Crippen molar-refractivity contribution in [1.82, 2.24) is 15.1 Å². The van der Waals surface area contributed by atoms with E-state index >= 15 is 0 Å². The molecule has 0 bridgehead atoms. The largest absolute Gasteiger partial charge is 0.346 e. The van der Waals surface area contributed by atoms with Gasteiger partial charge >= 0.3 is 0 Å². The van der Waals surface area contributed by atoms with Gasteiger partial charge in [-0.1, -0.05) is 24.3 Å². The summed E-state index contributed by atoms with van der Waals surface area (Å²) in [6, 6.07) is 10.3. The summed E-state index contributed by atoms with van der Waals surface area (Å²) in [7, 11) is 1.51. The zero-order valence-electron chi connectivity index (χ0n) is 12.0. The Balaban J connectivity index is 0.00000176. The summed E-state index contributed by atoms with van der Waals surface area (Å²) in [5.74, 6) is -0.321. The van der Waals surface area contributed by atoms with Gasteiger partial charge in [0.15, 0.2) is 0 Å². The van der Waals surface area contributed by atoms with Crippen molar-refractivity contribution in [2.75, 3.05) is 0 Å². The summed E-state index contributed by atoms with van der Waals surface area (Å²) in [6.45, 7) is 0. The first kappa shape index (κ1) is 16.2. The summed E-state index contributed by atoms with van der Waals surface area (Å²) in [6.07, 6.45) is 0.703. The van der Waals surface area contributed by atoms with E-state index < -0.39 is 0 Å². The Bertz CT molecular complexity index is 759. The fourth-order valence-electron chi connectivity index (χ4n) is 2.63. The summed E-state index contributed by atoms with van der Waals surface area (Å²) in [5, 5.41) is 6.84. The van der Waals surface area contributed by atoms with Crippen LogP contribution in [0.5, 0.6) is 0 Å². The van der Waals surface area contributed by atoms with Crippen LogP contribution < -0.4 is 16.6 Å². The van der Waals surface area contributed by atoms with Crippen molar-refractivity contribution in [3.8, 4) is 0 Å². The number of amides is 1. The summed E-state index contributed by atoms with van der Waals surface area (Å²) in [5.41, 5.74) is 8.36. The summed E-state index contributed by atoms with van der Waals surface area (Å²) < 4.78 is 1.14. The molecule has 6 nitrogen and oxygen atoms in total. The van der Waals surface area contributed by atoms with Crippen LogP contribution in [0.15, 0.2) is 41.2 Å². The van der Waals surface area contributed by atoms with Crippen LogP contribution in [0.3, 0.4) is 0 Å². The van der Waals surface area contributed by atoms with E-state index in [9.17, 15) is 9.59 Å². The van der Waals surface area contributed by atoms with Crippen LogP contribution in [-0.4, -0.2) is 21.7 Å². The van der Waals surface area contributed by atoms with Gasteiger partial charge in [0.1, 0.15) is 5.69 Å². The third-order valence-corrected chi connectivity index (χ3v) is 3.80. The number of aryl methyl sites for hydroxylation is 1. The van der Waals surface area contributed by atoms with E-state index in [1.165, 1.54) is 19.2 Å². The molecule has 1 aliphatic carbocycles. The summed E-state index contributed by atoms with van der Waals surface area (Å²) in [4.78, 5) is 23.5. The van der Waals surface area contributed by atoms with Gasteiger partial charge in [-0.2, -0.15) is 5.10 Å². The van der Waals surface area contributed by atoms with Crippen molar-refractivity contribution in [2.45, 2.75) is 18.5 Å². The number of fused-ring (bicyclic) bond motifs is 1. The number of rotatable bonds is 2. The lowest BCUT2D eigenvalue weighted by molar-refractivity contribution is 0.0926. The Kier molecular flexibility index (Phi) is 4.63. The van der Waals surface area contributed by atoms with Gasteiger partial charge in [-0.15, -0.1) is 12.4 Å². The second kappa shape index (κ2) is 6.29. The molecule has 116 valence electrons. The molecule has 3 N–H and O–H groups in total. The first-order valence-electron chi connectivity index (χ1n) is 6.75. The average Bonchev–Trinajstić information content (AvgIpc) is 2.79. The highest BCUT2D eigenvalue weighted by molar-refractivity contribution is 5.92. The van der Waals surface area contributed by atoms with Crippen molar-refractivity contribution in [1.29, 1.82) is 0 Å². The quantitative estimate of drug-likeness (QED) is 0.846. The van der Waals surface area contributed by atoms with Crippen LogP contribution >= 0.6 is 12.4 Å². The number of benzene rings is 1. The number of hydrogen-bond acceptors (Lipinski definition) is 4. The molecule has 0 unspecified atom stereocenters. The van der Waals surface area contributed by atoms with Crippen LogP contribution in [0.4, 0.5) is 0 Å². The molecule has 1 aromatic heterocycles. The molecule has 1 aliphatic rings. The zero-order valence-corrected chi connectivity index (χ0v) is 12.8. The molecule has 1 amide bonds. The van der Waals surface area contributed by atoms with E-state index in [0.29, 0.717) is 6.42 Å². The number of nitrogens with zero attached hydrogens (tertiary/aromatic N) is 2. The molecule has 1 heterocycles. The van der Waals surface area contributed by atoms with Crippen LogP contribution in [0.1, 0.15) is 27.7 Å². The van der Waals surface area contributed by atoms with Gasteiger partial charge in [-0.3, -0.25) is 9.59 Å². The number of carbonyl (C=O) groups excluding carboxylic acids is 1. The molecular formula is C15H17ClN4O2. The van der Waals surface area contributed by atoms with Gasteiger partial charge in [0.2, 0.25) is 0 Å². The highest BCUT2D eigenvalue weighted by atomic mass is 35.5. The van der Waals surface area contributed by atoms with Gasteiger partial charge < -0.3 is 11.1 Å². The minimum absolute atomic E-state index is 0. The lowest BCUT2D eigenvalue weighted by Gasteiger charge is -2.17. The molecule has 0 fully saturated rings. The first-order chi connectivity index (χ1) is 10.1. The molecule has 0 spiro atoms. The van der Waals surface area contributed by atoms with E-state index in [2.05, 4.69) is 10.4 Å². The molecule has 0 radical (unpaired) electrons. The topological polar surface area (TPSA) is 90.0 Å². The van der Waals surface area contributed by atoms with Gasteiger partial charge in [0.05, 0.1) is 12.1 Å². The smallest absolute Gasteiger partial charge is 0.272 e. The molecule has 7 heteroatoms. The monoisotopic (exact) mass is 320 g/mol. The fourth-order valence-corrected chi connectivity index (χ4v) is 2.63. The number of nitrogens with two attached hydrogens (primary N) is 1. The molecule has 2 atom stereocenters. The van der Waals surface area contributed by atoms with Gasteiger partial charge in [0, 0.05) is 13.1 Å². The minimum atomic E-state index is -0.321. The number of aromatic nitrogens is 2. The third-order valence-electron chi connectivity index (χ3n) is 3.80. The second-order valence-corrected chi connectivity index (χ2v) is 5.19. The predicted molar refractivity (Wildman–Crippen MR) is 85.1 cm³/mol. The summed E-state index contributed by atoms with van der Waals surface area (Å²) >= 11 is 0. The van der Waals surface area contributed by atoms with Gasteiger partial charge in [-0.05, 0) is 23.6 Å². The van der Waals surface area contributed by atoms with E-state index in [4.69, 9.17) is 5.73 Å². The maximum Gasteiger partial charge on any atom is 0.272 e. The molecule has 3 rings (SSSR count). The highest BCUT2D eigenvalue weighted by Crippen LogP contribution is 2.29. The Hall–Kier alpha value is -2.18. The second-order valence-electron chi connectivity index (χ2n) is 5.19. The van der Waals surface area contributed by atoms with Gasteiger partial charge in [-0.25, -0.2) is 4.68 Å². The van der Waals surface area contributed by atoms with Crippen LogP contribution in [-0.2, 0) is 13.5 Å². The normalized spacial score (nSPS) is 19.2. The number of nitrogens with one attached hydrogen (secondary N) is 1. The molecule has 1 aromatic carbocycles. The van der Waals surface area contributed by atoms with E-state index in [-0.39, 0.29) is 41.7 Å². The maximum absolute atomic E-state index is 12.2. The fraction of sp³-hybridized carbons (Fsp3) is 0.267. The van der Waals surface area contributed by atoms with Crippen molar-refractivity contribution in [3.63, 3.8) is 0 Å². The Labute approximate surface area is 133 Å². The molecule has 0 saturated heterocycles.